The number of alkyl halides is 9. The van der Waals surface area contributed by atoms with Crippen molar-refractivity contribution in [3.63, 3.8) is 0 Å². The first-order valence-corrected chi connectivity index (χ1v) is 35.0. The third-order valence-electron chi connectivity index (χ3n) is 18.0. The van der Waals surface area contributed by atoms with Gasteiger partial charge in [-0.2, -0.15) is 54.8 Å². The van der Waals surface area contributed by atoms with Crippen molar-refractivity contribution in [2.24, 2.45) is 5.73 Å². The number of ether oxygens (including phenoxy) is 5. The molecule has 0 radical (unpaired) electrons. The van der Waals surface area contributed by atoms with Crippen molar-refractivity contribution in [2.75, 3.05) is 104 Å². The second-order valence-electron chi connectivity index (χ2n) is 25.9. The topological polar surface area (TPSA) is 242 Å². The number of benzene rings is 5. The Kier molecular flexibility index (Phi) is 25.5. The number of aromatic nitrogens is 9. The summed E-state index contributed by atoms with van der Waals surface area (Å²) in [6, 6.07) is 33.2. The van der Waals surface area contributed by atoms with Crippen LogP contribution in [0.25, 0.3) is 32.3 Å². The van der Waals surface area contributed by atoms with Crippen LogP contribution in [0.5, 0.6) is 17.2 Å². The van der Waals surface area contributed by atoms with E-state index >= 15 is 0 Å². The van der Waals surface area contributed by atoms with Crippen LogP contribution in [0, 0.1) is 20.8 Å². The van der Waals surface area contributed by atoms with Crippen LogP contribution >= 0.6 is 11.6 Å². The summed E-state index contributed by atoms with van der Waals surface area (Å²) in [5.41, 5.74) is 8.36. The largest absolute Gasteiger partial charge is 0.508 e. The van der Waals surface area contributed by atoms with Crippen LogP contribution in [0.15, 0.2) is 152 Å². The predicted molar refractivity (Wildman–Crippen MR) is 395 cm³/mol. The highest BCUT2D eigenvalue weighted by molar-refractivity contribution is 6.34. The first-order chi connectivity index (χ1) is 51.6. The molecule has 14 rings (SSSR count). The van der Waals surface area contributed by atoms with E-state index in [-0.39, 0.29) is 30.3 Å². The number of nitrogens with one attached hydrogen (secondary N) is 2. The van der Waals surface area contributed by atoms with Gasteiger partial charge < -0.3 is 59.9 Å². The molecule has 3 saturated heterocycles. The summed E-state index contributed by atoms with van der Waals surface area (Å²) < 4.78 is 147. The molecule has 5 aromatic carbocycles. The first-order valence-electron chi connectivity index (χ1n) is 34.6. The van der Waals surface area contributed by atoms with Gasteiger partial charge in [-0.25, -0.2) is 15.0 Å². The molecule has 0 unspecified atom stereocenters. The van der Waals surface area contributed by atoms with E-state index in [0.29, 0.717) is 66.1 Å². The van der Waals surface area contributed by atoms with E-state index in [2.05, 4.69) is 70.9 Å². The number of morpholine rings is 3. The molecule has 21 nitrogen and oxygen atoms in total. The molecular formula is C77H79ClF9N15O6. The lowest BCUT2D eigenvalue weighted by molar-refractivity contribution is -0.138. The van der Waals surface area contributed by atoms with Crippen molar-refractivity contribution in [1.82, 2.24) is 45.5 Å². The molecule has 108 heavy (non-hydrogen) atoms. The minimum atomic E-state index is -4.55. The number of anilines is 5. The summed E-state index contributed by atoms with van der Waals surface area (Å²) in [5.74, 6) is 3.25. The van der Waals surface area contributed by atoms with Crippen LogP contribution in [0.4, 0.5) is 68.6 Å². The van der Waals surface area contributed by atoms with Gasteiger partial charge in [-0.3, -0.25) is 0 Å². The van der Waals surface area contributed by atoms with E-state index < -0.39 is 59.1 Å². The lowest BCUT2D eigenvalue weighted by atomic mass is 10.0. The molecule has 3 aliphatic heterocycles. The lowest BCUT2D eigenvalue weighted by Crippen LogP contribution is -2.36. The number of nitrogens with zero attached hydrogens (tertiary/aromatic N) is 12. The van der Waals surface area contributed by atoms with Gasteiger partial charge >= 0.3 is 18.5 Å². The first kappa shape index (κ1) is 78.5. The second-order valence-corrected chi connectivity index (χ2v) is 26.2. The average molecular weight is 1520 g/mol. The number of phenols is 1. The van der Waals surface area contributed by atoms with Gasteiger partial charge in [0.1, 0.15) is 47.9 Å². The van der Waals surface area contributed by atoms with Crippen LogP contribution in [-0.4, -0.2) is 130 Å². The van der Waals surface area contributed by atoms with E-state index in [9.17, 15) is 44.6 Å². The van der Waals surface area contributed by atoms with Crippen LogP contribution in [-0.2, 0) is 46.0 Å². The monoisotopic (exact) mass is 1520 g/mol. The van der Waals surface area contributed by atoms with E-state index in [1.807, 2.05) is 106 Å². The molecule has 0 bridgehead atoms. The maximum atomic E-state index is 13.8. The number of pyridine rings is 3. The van der Waals surface area contributed by atoms with Crippen molar-refractivity contribution < 1.29 is 68.3 Å². The zero-order valence-corrected chi connectivity index (χ0v) is 60.5. The molecule has 568 valence electrons. The predicted octanol–water partition coefficient (Wildman–Crippen LogP) is 16.1. The Labute approximate surface area is 621 Å². The molecule has 0 saturated carbocycles. The molecule has 9 heterocycles. The van der Waals surface area contributed by atoms with E-state index in [1.54, 1.807) is 45.3 Å². The Hall–Kier alpha value is -10.5. The second kappa shape index (κ2) is 35.0. The maximum Gasteiger partial charge on any atom is 0.416 e. The Morgan fingerprint density at radius 1 is 0.444 bits per heavy atom. The van der Waals surface area contributed by atoms with Crippen molar-refractivity contribution in [1.29, 1.82) is 0 Å². The quantitative estimate of drug-likeness (QED) is 0.0657. The van der Waals surface area contributed by atoms with Crippen molar-refractivity contribution in [3.05, 3.63) is 219 Å². The van der Waals surface area contributed by atoms with Gasteiger partial charge in [-0.05, 0) is 142 Å². The molecule has 0 aliphatic carbocycles. The fourth-order valence-electron chi connectivity index (χ4n) is 11.9. The Morgan fingerprint density at radius 3 is 1.18 bits per heavy atom. The van der Waals surface area contributed by atoms with Gasteiger partial charge in [0.25, 0.3) is 0 Å². The Bertz CT molecular complexity index is 4860. The van der Waals surface area contributed by atoms with Gasteiger partial charge in [0.15, 0.2) is 16.8 Å². The van der Waals surface area contributed by atoms with Crippen molar-refractivity contribution >= 4 is 73.0 Å². The summed E-state index contributed by atoms with van der Waals surface area (Å²) in [4.78, 5) is 20.0. The summed E-state index contributed by atoms with van der Waals surface area (Å²) in [7, 11) is 0. The van der Waals surface area contributed by atoms with Gasteiger partial charge in [0.05, 0.1) is 85.5 Å². The number of rotatable bonds is 16. The Morgan fingerprint density at radius 2 is 0.787 bits per heavy atom. The number of aryl methyl sites for hydroxylation is 3. The minimum absolute atomic E-state index is 0.144. The highest BCUT2D eigenvalue weighted by atomic mass is 35.5. The standard InChI is InChI=1S/C28H28F3N5O2.C21H22F3N5O2.C16H16F3NO.C12H13ClN4O/c1-18(21-12-22(28(29,30)31)14-23(13-21)38-17-20-6-4-3-5-7-20)33-27-24-15-26(36-8-10-37-11-9-36)32-16-25(24)19(2)34-35-27;1-12(14-7-15(21(22,23)24)9-16(30)8-14)26-20-17-10-19(29-3-5-31-6-4-29)25-11-18(17)13(2)27-28-20;1-11(20)13-7-14(16(17,18)19)9-15(8-13)21-10-12-5-3-2-4-6-12;1-8-10-7-14-11(17-2-4-18-5-3-17)6-9(10)12(13)16-15-8/h3-7,12-16,18H,8-11,17H2,1-2H3,(H,33,35);7-12,30H,3-6H2,1-2H3,(H,26,28);2-9,11H,10,20H2,1H3;6-7H,2-5H2,1H3/t18-;12-;11-;/m111./s1. The van der Waals surface area contributed by atoms with E-state index in [1.165, 1.54) is 6.07 Å². The van der Waals surface area contributed by atoms with Crippen LogP contribution in [0.1, 0.15) is 100 Å². The van der Waals surface area contributed by atoms with Gasteiger partial charge in [-0.15, -0.1) is 15.3 Å². The number of fused-ring (bicyclic) bond motifs is 3. The highest BCUT2D eigenvalue weighted by Crippen LogP contribution is 2.40. The number of nitrogens with two attached hydrogens (primary N) is 1. The average Bonchev–Trinajstić information content (AvgIpc) is 0.928. The summed E-state index contributed by atoms with van der Waals surface area (Å²) in [6.07, 6.45) is -8.18. The van der Waals surface area contributed by atoms with Crippen LogP contribution in [0.3, 0.4) is 0 Å². The third kappa shape index (κ3) is 20.6. The SMILES string of the molecule is C[C@@H](N)c1cc(OCc2ccccc2)cc(C(F)(F)F)c1.Cc1nnc(Cl)c2cc(N3CCOCC3)ncc12.Cc1nnc(N[C@H](C)c2cc(O)cc(C(F)(F)F)c2)c2cc(N3CCOCC3)ncc12.Cc1nnc(N[C@H](C)c2cc(OCc3ccccc3)cc(C(F)(F)F)c2)c2cc(N3CCOCC3)ncc12. The molecule has 0 amide bonds. The summed E-state index contributed by atoms with van der Waals surface area (Å²) in [6.45, 7) is 19.6. The molecule has 31 heteroatoms. The zero-order chi connectivity index (χ0) is 76.9. The lowest BCUT2D eigenvalue weighted by Gasteiger charge is -2.28. The van der Waals surface area contributed by atoms with Gasteiger partial charge in [0.2, 0.25) is 0 Å². The molecule has 3 aliphatic rings. The van der Waals surface area contributed by atoms with Crippen LogP contribution < -0.4 is 40.5 Å². The summed E-state index contributed by atoms with van der Waals surface area (Å²) >= 11 is 6.10. The third-order valence-corrected chi connectivity index (χ3v) is 18.3. The van der Waals surface area contributed by atoms with Crippen LogP contribution in [0.2, 0.25) is 5.15 Å². The number of phenolic OH excluding ortho intramolecular Hbond substituents is 1. The van der Waals surface area contributed by atoms with Crippen molar-refractivity contribution in [3.8, 4) is 17.2 Å². The van der Waals surface area contributed by atoms with E-state index in [4.69, 9.17) is 41.0 Å². The maximum absolute atomic E-state index is 13.8. The molecule has 11 aromatic rings. The molecular weight excluding hydrogens is 1440 g/mol. The molecule has 3 atom stereocenters. The minimum Gasteiger partial charge on any atom is -0.508 e. The number of halogens is 10. The number of hydrogen-bond donors (Lipinski definition) is 4. The number of aromatic hydroxyl groups is 1. The van der Waals surface area contributed by atoms with Crippen molar-refractivity contribution in [2.45, 2.75) is 91.4 Å². The zero-order valence-electron chi connectivity index (χ0n) is 59.8. The van der Waals surface area contributed by atoms with Gasteiger partial charge in [-0.1, -0.05) is 72.3 Å². The smallest absolute Gasteiger partial charge is 0.416 e. The molecule has 5 N–H and O–H groups in total. The fourth-order valence-corrected chi connectivity index (χ4v) is 12.1. The molecule has 0 spiro atoms. The number of hydrogen-bond acceptors (Lipinski definition) is 21. The van der Waals surface area contributed by atoms with E-state index in [0.717, 1.165) is 155 Å². The molecule has 3 fully saturated rings. The fraction of sp³-hybridized carbons (Fsp3) is 0.338. The van der Waals surface area contributed by atoms with Gasteiger partial charge in [0, 0.05) is 96.2 Å². The normalized spacial score (nSPS) is 15.0. The Balaban J connectivity index is 0.000000149. The highest BCUT2D eigenvalue weighted by Gasteiger charge is 2.35. The molecule has 6 aromatic heterocycles. The summed E-state index contributed by atoms with van der Waals surface area (Å²) in [5, 5.41) is 46.6.